The van der Waals surface area contributed by atoms with E-state index in [1.165, 1.54) is 0 Å². The van der Waals surface area contributed by atoms with Crippen LogP contribution in [0.1, 0.15) is 18.1 Å². The Morgan fingerprint density at radius 3 is 3.13 bits per heavy atom. The Labute approximate surface area is 87.7 Å². The molecule has 6 heteroatoms. The molecule has 15 heavy (non-hydrogen) atoms. The second-order valence-electron chi connectivity index (χ2n) is 3.72. The first-order chi connectivity index (χ1) is 7.24. The molecule has 1 atom stereocenters. The molecule has 1 saturated heterocycles. The minimum atomic E-state index is -0.599. The van der Waals surface area contributed by atoms with Gasteiger partial charge in [0.1, 0.15) is 5.54 Å². The van der Waals surface area contributed by atoms with Gasteiger partial charge in [0.05, 0.1) is 13.2 Å². The van der Waals surface area contributed by atoms with Gasteiger partial charge < -0.3 is 19.7 Å². The van der Waals surface area contributed by atoms with Gasteiger partial charge in [0.2, 0.25) is 5.89 Å². The second-order valence-corrected chi connectivity index (χ2v) is 3.72. The summed E-state index contributed by atoms with van der Waals surface area (Å²) >= 11 is 0. The quantitative estimate of drug-likeness (QED) is 0.747. The number of rotatable bonds is 4. The van der Waals surface area contributed by atoms with Gasteiger partial charge in [0, 0.05) is 20.1 Å². The van der Waals surface area contributed by atoms with E-state index in [4.69, 9.17) is 19.7 Å². The van der Waals surface area contributed by atoms with Gasteiger partial charge in [-0.1, -0.05) is 5.16 Å². The average molecular weight is 213 g/mol. The maximum absolute atomic E-state index is 6.07. The predicted octanol–water partition coefficient (Wildman–Crippen LogP) is -0.167. The van der Waals surface area contributed by atoms with E-state index in [0.29, 0.717) is 38.0 Å². The maximum atomic E-state index is 6.07. The molecule has 1 aliphatic rings. The highest BCUT2D eigenvalue weighted by molar-refractivity contribution is 5.04. The van der Waals surface area contributed by atoms with Crippen molar-refractivity contribution >= 4 is 0 Å². The van der Waals surface area contributed by atoms with Crippen LogP contribution >= 0.6 is 0 Å². The summed E-state index contributed by atoms with van der Waals surface area (Å²) in [6.45, 7) is 1.66. The molecule has 0 amide bonds. The molecule has 6 nitrogen and oxygen atoms in total. The van der Waals surface area contributed by atoms with E-state index in [2.05, 4.69) is 10.1 Å². The molecule has 0 aromatic carbocycles. The van der Waals surface area contributed by atoms with E-state index in [1.807, 2.05) is 0 Å². The molecule has 0 bridgehead atoms. The third-order valence-corrected chi connectivity index (χ3v) is 2.48. The maximum Gasteiger partial charge on any atom is 0.249 e. The smallest absolute Gasteiger partial charge is 0.249 e. The first kappa shape index (κ1) is 10.5. The van der Waals surface area contributed by atoms with E-state index < -0.39 is 5.54 Å². The normalized spacial score (nSPS) is 26.0. The van der Waals surface area contributed by atoms with Crippen LogP contribution in [0.4, 0.5) is 0 Å². The molecule has 1 fully saturated rings. The second kappa shape index (κ2) is 4.26. The van der Waals surface area contributed by atoms with Crippen LogP contribution in [0, 0.1) is 0 Å². The third kappa shape index (κ3) is 2.17. The van der Waals surface area contributed by atoms with Crippen LogP contribution in [-0.2, 0) is 21.4 Å². The number of hydrogen-bond acceptors (Lipinski definition) is 6. The lowest BCUT2D eigenvalue weighted by atomic mass is 10.0. The Hall–Kier alpha value is -0.980. The molecule has 1 aromatic rings. The Kier molecular flexibility index (Phi) is 2.99. The number of aromatic nitrogens is 2. The molecule has 0 saturated carbocycles. The Bertz CT molecular complexity index is 320. The molecule has 2 rings (SSSR count). The fraction of sp³-hybridized carbons (Fsp3) is 0.778. The number of ether oxygens (including phenoxy) is 2. The van der Waals surface area contributed by atoms with E-state index in [0.717, 1.165) is 6.42 Å². The summed E-state index contributed by atoms with van der Waals surface area (Å²) in [5, 5.41) is 3.84. The molecule has 1 aliphatic heterocycles. The van der Waals surface area contributed by atoms with Gasteiger partial charge in [-0.05, 0) is 6.42 Å². The summed E-state index contributed by atoms with van der Waals surface area (Å²) in [5.74, 6) is 1.09. The number of hydrogen-bond donors (Lipinski definition) is 1. The largest absolute Gasteiger partial charge is 0.384 e. The zero-order valence-electron chi connectivity index (χ0n) is 8.73. The van der Waals surface area contributed by atoms with Crippen LogP contribution in [0.25, 0.3) is 0 Å². The van der Waals surface area contributed by atoms with Gasteiger partial charge in [0.15, 0.2) is 5.82 Å². The lowest BCUT2D eigenvalue weighted by Gasteiger charge is -2.14. The topological polar surface area (TPSA) is 83.4 Å². The van der Waals surface area contributed by atoms with Crippen LogP contribution in [-0.4, -0.2) is 37.1 Å². The Balaban J connectivity index is 2.05. The average Bonchev–Trinajstić information content (AvgIpc) is 2.84. The molecule has 0 aliphatic carbocycles. The minimum absolute atomic E-state index is 0.443. The minimum Gasteiger partial charge on any atom is -0.384 e. The highest BCUT2D eigenvalue weighted by Gasteiger charge is 2.37. The molecule has 1 unspecified atom stereocenters. The van der Waals surface area contributed by atoms with E-state index in [-0.39, 0.29) is 0 Å². The first-order valence-corrected chi connectivity index (χ1v) is 4.93. The van der Waals surface area contributed by atoms with Crippen molar-refractivity contribution in [1.29, 1.82) is 0 Å². The zero-order chi connectivity index (χ0) is 10.7. The summed E-state index contributed by atoms with van der Waals surface area (Å²) in [6, 6.07) is 0. The molecular weight excluding hydrogens is 198 g/mol. The third-order valence-electron chi connectivity index (χ3n) is 2.48. The van der Waals surface area contributed by atoms with Crippen molar-refractivity contribution in [3.05, 3.63) is 11.7 Å². The summed E-state index contributed by atoms with van der Waals surface area (Å²) in [4.78, 5) is 4.24. The van der Waals surface area contributed by atoms with Crippen molar-refractivity contribution < 1.29 is 14.0 Å². The first-order valence-electron chi connectivity index (χ1n) is 4.93. The van der Waals surface area contributed by atoms with Crippen molar-refractivity contribution in [2.24, 2.45) is 5.73 Å². The molecule has 0 radical (unpaired) electrons. The zero-order valence-corrected chi connectivity index (χ0v) is 8.73. The van der Waals surface area contributed by atoms with Crippen molar-refractivity contribution in [1.82, 2.24) is 10.1 Å². The van der Waals surface area contributed by atoms with Crippen LogP contribution in [0.3, 0.4) is 0 Å². The lowest BCUT2D eigenvalue weighted by Crippen LogP contribution is -2.37. The highest BCUT2D eigenvalue weighted by Crippen LogP contribution is 2.25. The number of nitrogens with zero attached hydrogens (tertiary/aromatic N) is 2. The van der Waals surface area contributed by atoms with Gasteiger partial charge in [-0.3, -0.25) is 0 Å². The summed E-state index contributed by atoms with van der Waals surface area (Å²) in [5.41, 5.74) is 5.47. The van der Waals surface area contributed by atoms with E-state index in [1.54, 1.807) is 7.11 Å². The van der Waals surface area contributed by atoms with Crippen LogP contribution < -0.4 is 5.73 Å². The molecular formula is C9H15N3O3. The number of nitrogens with two attached hydrogens (primary N) is 1. The highest BCUT2D eigenvalue weighted by atomic mass is 16.5. The van der Waals surface area contributed by atoms with Crippen molar-refractivity contribution in [3.8, 4) is 0 Å². The predicted molar refractivity (Wildman–Crippen MR) is 51.2 cm³/mol. The molecule has 2 N–H and O–H groups in total. The summed E-state index contributed by atoms with van der Waals surface area (Å²) in [6.07, 6.45) is 1.36. The lowest BCUT2D eigenvalue weighted by molar-refractivity contribution is 0.166. The summed E-state index contributed by atoms with van der Waals surface area (Å²) in [7, 11) is 1.64. The monoisotopic (exact) mass is 213 g/mol. The SMILES string of the molecule is COCCc1noc(C2(N)CCOC2)n1. The summed E-state index contributed by atoms with van der Waals surface area (Å²) < 4.78 is 15.3. The standard InChI is InChI=1S/C9H15N3O3/c1-13-4-2-7-11-8(15-12-7)9(10)3-5-14-6-9/h2-6,10H2,1H3. The van der Waals surface area contributed by atoms with Gasteiger partial charge in [0.25, 0.3) is 0 Å². The number of methoxy groups -OCH3 is 1. The van der Waals surface area contributed by atoms with Crippen molar-refractivity contribution in [2.45, 2.75) is 18.4 Å². The van der Waals surface area contributed by atoms with Gasteiger partial charge >= 0.3 is 0 Å². The van der Waals surface area contributed by atoms with Crippen LogP contribution in [0.5, 0.6) is 0 Å². The fourth-order valence-corrected chi connectivity index (χ4v) is 1.50. The molecule has 0 spiro atoms. The van der Waals surface area contributed by atoms with Gasteiger partial charge in [-0.15, -0.1) is 0 Å². The Morgan fingerprint density at radius 1 is 1.60 bits per heavy atom. The van der Waals surface area contributed by atoms with E-state index >= 15 is 0 Å². The van der Waals surface area contributed by atoms with Crippen LogP contribution in [0.15, 0.2) is 4.52 Å². The fourth-order valence-electron chi connectivity index (χ4n) is 1.50. The Morgan fingerprint density at radius 2 is 2.47 bits per heavy atom. The molecule has 84 valence electrons. The van der Waals surface area contributed by atoms with Gasteiger partial charge in [-0.25, -0.2) is 0 Å². The molecule has 2 heterocycles. The molecule has 1 aromatic heterocycles. The van der Waals surface area contributed by atoms with Crippen molar-refractivity contribution in [2.75, 3.05) is 26.9 Å². The van der Waals surface area contributed by atoms with E-state index in [9.17, 15) is 0 Å². The van der Waals surface area contributed by atoms with Gasteiger partial charge in [-0.2, -0.15) is 4.98 Å². The van der Waals surface area contributed by atoms with Crippen molar-refractivity contribution in [3.63, 3.8) is 0 Å². The van der Waals surface area contributed by atoms with Crippen LogP contribution in [0.2, 0.25) is 0 Å².